The summed E-state index contributed by atoms with van der Waals surface area (Å²) < 4.78 is 52.1. The summed E-state index contributed by atoms with van der Waals surface area (Å²) >= 11 is 5.56. The molecule has 0 aliphatic carbocycles. The second-order valence-corrected chi connectivity index (χ2v) is 5.26. The first kappa shape index (κ1) is 17.2. The van der Waals surface area contributed by atoms with E-state index in [1.807, 2.05) is 0 Å². The first-order chi connectivity index (χ1) is 10.7. The van der Waals surface area contributed by atoms with Crippen LogP contribution < -0.4 is 5.32 Å². The minimum absolute atomic E-state index is 0.128. The second kappa shape index (κ2) is 6.54. The molecular formula is C15H11ClF4N2O. The summed E-state index contributed by atoms with van der Waals surface area (Å²) in [5.74, 6) is -1.54. The molecule has 0 aliphatic heterocycles. The lowest BCUT2D eigenvalue weighted by Crippen LogP contribution is -2.29. The predicted octanol–water partition coefficient (Wildman–Crippen LogP) is 4.38. The third kappa shape index (κ3) is 4.19. The van der Waals surface area contributed by atoms with Crippen LogP contribution >= 0.6 is 11.6 Å². The van der Waals surface area contributed by atoms with Gasteiger partial charge in [0, 0.05) is 11.2 Å². The van der Waals surface area contributed by atoms with Crippen LogP contribution in [0.15, 0.2) is 36.7 Å². The lowest BCUT2D eigenvalue weighted by atomic mass is 10.0. The van der Waals surface area contributed by atoms with Crippen molar-refractivity contribution >= 4 is 17.5 Å². The number of carbonyl (C=O) groups excluding carboxylic acids is 1. The Labute approximate surface area is 134 Å². The van der Waals surface area contributed by atoms with Gasteiger partial charge in [0.05, 0.1) is 23.4 Å². The fourth-order valence-corrected chi connectivity index (χ4v) is 2.14. The SMILES string of the molecule is C[C@@H](NC(=O)c1ccc(Cl)cc1C(F)(F)F)c1cncc(F)c1. The number of hydrogen-bond donors (Lipinski definition) is 1. The average molecular weight is 347 g/mol. The minimum Gasteiger partial charge on any atom is -0.345 e. The molecule has 122 valence electrons. The first-order valence-corrected chi connectivity index (χ1v) is 6.84. The van der Waals surface area contributed by atoms with E-state index >= 15 is 0 Å². The first-order valence-electron chi connectivity index (χ1n) is 6.46. The molecule has 3 nitrogen and oxygen atoms in total. The summed E-state index contributed by atoms with van der Waals surface area (Å²) in [6.07, 6.45) is -2.42. The Kier molecular flexibility index (Phi) is 4.89. The van der Waals surface area contributed by atoms with Crippen LogP contribution in [0.25, 0.3) is 0 Å². The van der Waals surface area contributed by atoms with Crippen LogP contribution in [-0.4, -0.2) is 10.9 Å². The van der Waals surface area contributed by atoms with Gasteiger partial charge >= 0.3 is 6.18 Å². The van der Waals surface area contributed by atoms with Gasteiger partial charge in [-0.1, -0.05) is 11.6 Å². The van der Waals surface area contributed by atoms with E-state index in [9.17, 15) is 22.4 Å². The third-order valence-electron chi connectivity index (χ3n) is 3.11. The maximum Gasteiger partial charge on any atom is 0.417 e. The van der Waals surface area contributed by atoms with Crippen LogP contribution in [0, 0.1) is 5.82 Å². The molecule has 0 fully saturated rings. The van der Waals surface area contributed by atoms with Crippen LogP contribution in [0.3, 0.4) is 0 Å². The molecule has 1 heterocycles. The Morgan fingerprint density at radius 3 is 2.57 bits per heavy atom. The van der Waals surface area contributed by atoms with Gasteiger partial charge in [-0.25, -0.2) is 4.39 Å². The lowest BCUT2D eigenvalue weighted by Gasteiger charge is -2.17. The number of aromatic nitrogens is 1. The molecule has 1 aromatic carbocycles. The van der Waals surface area contributed by atoms with E-state index in [0.717, 1.165) is 18.3 Å². The molecule has 8 heteroatoms. The molecule has 0 unspecified atom stereocenters. The molecule has 0 spiro atoms. The van der Waals surface area contributed by atoms with Crippen LogP contribution in [0.4, 0.5) is 17.6 Å². The molecule has 1 amide bonds. The Morgan fingerprint density at radius 1 is 1.26 bits per heavy atom. The lowest BCUT2D eigenvalue weighted by molar-refractivity contribution is -0.137. The van der Waals surface area contributed by atoms with Crippen molar-refractivity contribution in [3.05, 3.63) is 64.2 Å². The van der Waals surface area contributed by atoms with Crippen molar-refractivity contribution in [1.82, 2.24) is 10.3 Å². The summed E-state index contributed by atoms with van der Waals surface area (Å²) in [5, 5.41) is 2.25. The van der Waals surface area contributed by atoms with E-state index in [2.05, 4.69) is 10.3 Å². The molecule has 2 rings (SSSR count). The predicted molar refractivity (Wildman–Crippen MR) is 76.5 cm³/mol. The Morgan fingerprint density at radius 2 is 1.96 bits per heavy atom. The largest absolute Gasteiger partial charge is 0.417 e. The molecule has 1 atom stereocenters. The zero-order valence-corrected chi connectivity index (χ0v) is 12.5. The van der Waals surface area contributed by atoms with Crippen LogP contribution in [-0.2, 0) is 6.18 Å². The van der Waals surface area contributed by atoms with Crippen molar-refractivity contribution in [1.29, 1.82) is 0 Å². The van der Waals surface area contributed by atoms with Gasteiger partial charge < -0.3 is 5.32 Å². The number of nitrogens with zero attached hydrogens (tertiary/aromatic N) is 1. The fraction of sp³-hybridized carbons (Fsp3) is 0.200. The van der Waals surface area contributed by atoms with E-state index in [1.54, 1.807) is 0 Å². The standard InChI is InChI=1S/C15H11ClF4N2O/c1-8(9-4-11(17)7-21-6-9)22-14(23)12-3-2-10(16)5-13(12)15(18,19)20/h2-8H,1H3,(H,22,23)/t8-/m1/s1. The van der Waals surface area contributed by atoms with Gasteiger partial charge in [-0.05, 0) is 36.8 Å². The fourth-order valence-electron chi connectivity index (χ4n) is 1.97. The van der Waals surface area contributed by atoms with E-state index in [1.165, 1.54) is 19.2 Å². The quantitative estimate of drug-likeness (QED) is 0.838. The van der Waals surface area contributed by atoms with Crippen LogP contribution in [0.5, 0.6) is 0 Å². The van der Waals surface area contributed by atoms with Crippen molar-refractivity contribution in [3.63, 3.8) is 0 Å². The molecule has 0 aliphatic rings. The van der Waals surface area contributed by atoms with E-state index in [0.29, 0.717) is 11.6 Å². The number of pyridine rings is 1. The summed E-state index contributed by atoms with van der Waals surface area (Å²) in [6.45, 7) is 1.51. The van der Waals surface area contributed by atoms with Gasteiger partial charge in [-0.3, -0.25) is 9.78 Å². The maximum absolute atomic E-state index is 13.1. The number of halogens is 5. The monoisotopic (exact) mass is 346 g/mol. The highest BCUT2D eigenvalue weighted by atomic mass is 35.5. The average Bonchev–Trinajstić information content (AvgIpc) is 2.46. The van der Waals surface area contributed by atoms with Gasteiger partial charge in [0.25, 0.3) is 5.91 Å². The van der Waals surface area contributed by atoms with Crippen LogP contribution in [0.1, 0.15) is 34.5 Å². The normalized spacial score (nSPS) is 12.8. The number of rotatable bonds is 3. The van der Waals surface area contributed by atoms with E-state index in [4.69, 9.17) is 11.6 Å². The Hall–Kier alpha value is -2.15. The van der Waals surface area contributed by atoms with Crippen molar-refractivity contribution in [2.24, 2.45) is 0 Å². The van der Waals surface area contributed by atoms with Gasteiger partial charge in [-0.2, -0.15) is 13.2 Å². The number of benzene rings is 1. The van der Waals surface area contributed by atoms with Crippen molar-refractivity contribution in [2.75, 3.05) is 0 Å². The highest BCUT2D eigenvalue weighted by molar-refractivity contribution is 6.30. The number of amides is 1. The number of nitrogens with one attached hydrogen (secondary N) is 1. The van der Waals surface area contributed by atoms with Gasteiger partial charge in [0.1, 0.15) is 5.82 Å². The molecule has 0 saturated carbocycles. The van der Waals surface area contributed by atoms with Crippen molar-refractivity contribution < 1.29 is 22.4 Å². The number of carbonyl (C=O) groups is 1. The van der Waals surface area contributed by atoms with E-state index < -0.39 is 35.1 Å². The third-order valence-corrected chi connectivity index (χ3v) is 3.34. The Balaban J connectivity index is 2.28. The van der Waals surface area contributed by atoms with Gasteiger partial charge in [0.2, 0.25) is 0 Å². The molecule has 23 heavy (non-hydrogen) atoms. The Bertz CT molecular complexity index is 734. The van der Waals surface area contributed by atoms with Crippen LogP contribution in [0.2, 0.25) is 5.02 Å². The number of alkyl halides is 3. The highest BCUT2D eigenvalue weighted by Crippen LogP contribution is 2.34. The molecular weight excluding hydrogens is 336 g/mol. The smallest absolute Gasteiger partial charge is 0.345 e. The second-order valence-electron chi connectivity index (χ2n) is 4.82. The minimum atomic E-state index is -4.72. The molecule has 1 aromatic heterocycles. The van der Waals surface area contributed by atoms with Crippen molar-refractivity contribution in [2.45, 2.75) is 19.1 Å². The summed E-state index contributed by atoms with van der Waals surface area (Å²) in [7, 11) is 0. The molecule has 0 bridgehead atoms. The molecule has 2 aromatic rings. The summed E-state index contributed by atoms with van der Waals surface area (Å²) in [6, 6.07) is 3.30. The molecule has 1 N–H and O–H groups in total. The number of hydrogen-bond acceptors (Lipinski definition) is 2. The molecule has 0 radical (unpaired) electrons. The van der Waals surface area contributed by atoms with E-state index in [-0.39, 0.29) is 5.02 Å². The topological polar surface area (TPSA) is 42.0 Å². The van der Waals surface area contributed by atoms with Gasteiger partial charge in [0.15, 0.2) is 0 Å². The highest BCUT2D eigenvalue weighted by Gasteiger charge is 2.35. The molecule has 0 saturated heterocycles. The van der Waals surface area contributed by atoms with Gasteiger partial charge in [-0.15, -0.1) is 0 Å². The maximum atomic E-state index is 13.1. The zero-order valence-electron chi connectivity index (χ0n) is 11.8. The summed E-state index contributed by atoms with van der Waals surface area (Å²) in [4.78, 5) is 15.8. The zero-order chi connectivity index (χ0) is 17.2. The summed E-state index contributed by atoms with van der Waals surface area (Å²) in [5.41, 5.74) is -1.36. The van der Waals surface area contributed by atoms with Crippen molar-refractivity contribution in [3.8, 4) is 0 Å².